The number of hydrogen-bond acceptors (Lipinski definition) is 12. The number of benzene rings is 2. The lowest BCUT2D eigenvalue weighted by molar-refractivity contribution is -0.777. The minimum atomic E-state index is -0.425. The second-order valence-electron chi connectivity index (χ2n) is 7.26. The van der Waals surface area contributed by atoms with E-state index in [0.717, 1.165) is 43.7 Å². The zero-order valence-corrected chi connectivity index (χ0v) is 20.8. The van der Waals surface area contributed by atoms with Crippen molar-refractivity contribution in [1.29, 1.82) is 0 Å². The molecule has 0 aliphatic heterocycles. The molecule has 0 bridgehead atoms. The van der Waals surface area contributed by atoms with E-state index in [1.807, 2.05) is 6.07 Å². The van der Waals surface area contributed by atoms with Crippen molar-refractivity contribution in [2.24, 2.45) is 10.2 Å². The SMILES string of the molecule is CCCN(CCC)c1cc(SOO[O-])c(N=Nc2nc3cc(C)c([N+](=O)[O-])cc3s2)cc1OC. The van der Waals surface area contributed by atoms with Crippen LogP contribution in [-0.4, -0.2) is 30.1 Å². The Balaban J connectivity index is 2.01. The standard InChI is InChI=1S/C21H25N5O6S2/c1-5-7-25(8-6-2)17-12-20(34-32-31-29)15(10-18(17)30-4)23-24-21-22-14-9-13(3)16(26(27)28)11-19(14)33-21/h9-12,29H,5-8H2,1-4H3/p-1. The highest BCUT2D eigenvalue weighted by atomic mass is 32.2. The third-order valence-electron chi connectivity index (χ3n) is 4.87. The molecule has 0 fully saturated rings. The molecule has 0 aliphatic carbocycles. The van der Waals surface area contributed by atoms with Gasteiger partial charge in [-0.2, -0.15) is 4.33 Å². The van der Waals surface area contributed by atoms with Gasteiger partial charge >= 0.3 is 0 Å². The fourth-order valence-corrected chi connectivity index (χ4v) is 4.68. The van der Waals surface area contributed by atoms with E-state index in [2.05, 4.69) is 43.3 Å². The van der Waals surface area contributed by atoms with Crippen molar-refractivity contribution in [2.45, 2.75) is 38.5 Å². The number of nitrogens with zero attached hydrogens (tertiary/aromatic N) is 5. The van der Waals surface area contributed by atoms with Crippen molar-refractivity contribution in [3.05, 3.63) is 39.9 Å². The summed E-state index contributed by atoms with van der Waals surface area (Å²) in [6, 6.07) is 6.65. The fourth-order valence-electron chi connectivity index (χ4n) is 3.43. The van der Waals surface area contributed by atoms with E-state index in [1.165, 1.54) is 17.4 Å². The molecule has 0 radical (unpaired) electrons. The van der Waals surface area contributed by atoms with Gasteiger partial charge in [0.15, 0.2) is 0 Å². The van der Waals surface area contributed by atoms with Crippen molar-refractivity contribution >= 4 is 55.8 Å². The van der Waals surface area contributed by atoms with Gasteiger partial charge in [0, 0.05) is 30.8 Å². The molecule has 0 spiro atoms. The molecule has 0 N–H and O–H groups in total. The quantitative estimate of drug-likeness (QED) is 0.0982. The lowest BCUT2D eigenvalue weighted by Gasteiger charge is -2.26. The number of methoxy groups -OCH3 is 1. The van der Waals surface area contributed by atoms with E-state index in [1.54, 1.807) is 26.2 Å². The van der Waals surface area contributed by atoms with Gasteiger partial charge < -0.3 is 14.9 Å². The first-order valence-electron chi connectivity index (χ1n) is 10.5. The molecular formula is C21H24N5O6S2-. The zero-order valence-electron chi connectivity index (χ0n) is 19.1. The Bertz CT molecular complexity index is 1180. The van der Waals surface area contributed by atoms with Crippen LogP contribution in [0.2, 0.25) is 0 Å². The van der Waals surface area contributed by atoms with Crippen molar-refractivity contribution < 1.29 is 24.3 Å². The molecule has 0 saturated carbocycles. The minimum Gasteiger partial charge on any atom is -0.691 e. The molecule has 1 heterocycles. The molecule has 0 atom stereocenters. The fraction of sp³-hybridized carbons (Fsp3) is 0.381. The van der Waals surface area contributed by atoms with Gasteiger partial charge in [0.25, 0.3) is 5.69 Å². The monoisotopic (exact) mass is 506 g/mol. The Morgan fingerprint density at radius 2 is 1.91 bits per heavy atom. The molecule has 34 heavy (non-hydrogen) atoms. The largest absolute Gasteiger partial charge is 0.691 e. The lowest BCUT2D eigenvalue weighted by Crippen LogP contribution is -2.25. The average Bonchev–Trinajstić information content (AvgIpc) is 3.22. The Kier molecular flexibility index (Phi) is 9.12. The number of aryl methyl sites for hydroxylation is 1. The van der Waals surface area contributed by atoms with Crippen molar-refractivity contribution in [1.82, 2.24) is 4.98 Å². The smallest absolute Gasteiger partial charge is 0.273 e. The predicted molar refractivity (Wildman–Crippen MR) is 129 cm³/mol. The molecule has 0 saturated heterocycles. The van der Waals surface area contributed by atoms with E-state index in [9.17, 15) is 15.4 Å². The number of azo groups is 1. The number of nitro benzene ring substituents is 1. The third kappa shape index (κ3) is 5.98. The van der Waals surface area contributed by atoms with Crippen LogP contribution in [0.3, 0.4) is 0 Å². The van der Waals surface area contributed by atoms with Gasteiger partial charge in [-0.3, -0.25) is 15.2 Å². The molecule has 2 aromatic carbocycles. The Morgan fingerprint density at radius 3 is 2.53 bits per heavy atom. The summed E-state index contributed by atoms with van der Waals surface area (Å²) in [7, 11) is 1.57. The second kappa shape index (κ2) is 12.0. The Morgan fingerprint density at radius 1 is 1.18 bits per heavy atom. The number of rotatable bonds is 12. The lowest BCUT2D eigenvalue weighted by atomic mass is 10.2. The van der Waals surface area contributed by atoms with Gasteiger partial charge in [0.2, 0.25) is 5.13 Å². The molecule has 0 amide bonds. The normalized spacial score (nSPS) is 11.4. The van der Waals surface area contributed by atoms with Crippen molar-refractivity contribution in [3.8, 4) is 5.75 Å². The first-order chi connectivity index (χ1) is 16.4. The number of fused-ring (bicyclic) bond motifs is 1. The number of hydrogen-bond donors (Lipinski definition) is 0. The topological polar surface area (TPSA) is 135 Å². The van der Waals surface area contributed by atoms with Crippen molar-refractivity contribution in [2.75, 3.05) is 25.1 Å². The summed E-state index contributed by atoms with van der Waals surface area (Å²) < 4.78 is 10.8. The molecule has 3 aromatic rings. The van der Waals surface area contributed by atoms with Crippen LogP contribution < -0.4 is 14.9 Å². The molecule has 3 rings (SSSR count). The molecule has 0 unspecified atom stereocenters. The first-order valence-corrected chi connectivity index (χ1v) is 12.0. The highest BCUT2D eigenvalue weighted by Gasteiger charge is 2.18. The van der Waals surface area contributed by atoms with Crippen LogP contribution >= 0.6 is 23.4 Å². The highest BCUT2D eigenvalue weighted by Crippen LogP contribution is 2.42. The molecule has 0 aliphatic rings. The summed E-state index contributed by atoms with van der Waals surface area (Å²) >= 11 is 1.90. The number of anilines is 1. The van der Waals surface area contributed by atoms with Crippen LogP contribution in [0.4, 0.5) is 22.2 Å². The van der Waals surface area contributed by atoms with Gasteiger partial charge in [-0.1, -0.05) is 25.2 Å². The predicted octanol–water partition coefficient (Wildman–Crippen LogP) is 5.79. The zero-order chi connectivity index (χ0) is 24.7. The summed E-state index contributed by atoms with van der Waals surface area (Å²) in [5.74, 6) is 0.596. The van der Waals surface area contributed by atoms with E-state index >= 15 is 0 Å². The second-order valence-corrected chi connectivity index (χ2v) is 9.01. The molecule has 13 heteroatoms. The van der Waals surface area contributed by atoms with Crippen LogP contribution in [0.1, 0.15) is 32.3 Å². The molecular weight excluding hydrogens is 482 g/mol. The van der Waals surface area contributed by atoms with Gasteiger partial charge in [0.05, 0.1) is 44.9 Å². The maximum atomic E-state index is 11.2. The number of ether oxygens (including phenoxy) is 1. The summed E-state index contributed by atoms with van der Waals surface area (Å²) in [4.78, 5) is 17.9. The maximum Gasteiger partial charge on any atom is 0.273 e. The van der Waals surface area contributed by atoms with Crippen LogP contribution in [0, 0.1) is 17.0 Å². The highest BCUT2D eigenvalue weighted by molar-refractivity contribution is 7.94. The van der Waals surface area contributed by atoms with Crippen LogP contribution in [0.5, 0.6) is 5.75 Å². The number of thiazole rings is 1. The van der Waals surface area contributed by atoms with Crippen molar-refractivity contribution in [3.63, 3.8) is 0 Å². The molecule has 1 aromatic heterocycles. The van der Waals surface area contributed by atoms with Crippen LogP contribution in [0.15, 0.2) is 39.4 Å². The number of aromatic nitrogens is 1. The van der Waals surface area contributed by atoms with E-state index in [4.69, 9.17) is 4.74 Å². The van der Waals surface area contributed by atoms with Gasteiger partial charge in [-0.25, -0.2) is 4.98 Å². The average molecular weight is 507 g/mol. The summed E-state index contributed by atoms with van der Waals surface area (Å²) in [6.45, 7) is 7.50. The maximum absolute atomic E-state index is 11.2. The first kappa shape index (κ1) is 25.8. The third-order valence-corrected chi connectivity index (χ3v) is 6.41. The molecule has 182 valence electrons. The number of nitro groups is 1. The van der Waals surface area contributed by atoms with Crippen LogP contribution in [0.25, 0.3) is 10.2 Å². The minimum absolute atomic E-state index is 0.0251. The molecule has 11 nitrogen and oxygen atoms in total. The Hall–Kier alpha value is -2.84. The summed E-state index contributed by atoms with van der Waals surface area (Å²) in [6.07, 6.45) is 1.89. The van der Waals surface area contributed by atoms with Gasteiger partial charge in [0.1, 0.15) is 11.4 Å². The summed E-state index contributed by atoms with van der Waals surface area (Å²) in [5.41, 5.74) is 2.37. The van der Waals surface area contributed by atoms with E-state index < -0.39 is 4.92 Å². The van der Waals surface area contributed by atoms with E-state index in [-0.39, 0.29) is 5.69 Å². The summed E-state index contributed by atoms with van der Waals surface area (Å²) in [5, 5.41) is 34.0. The van der Waals surface area contributed by atoms with Gasteiger partial charge in [-0.05, 0) is 31.9 Å². The van der Waals surface area contributed by atoms with Gasteiger partial charge in [-0.15, -0.1) is 10.2 Å². The Labute approximate surface area is 204 Å². The van der Waals surface area contributed by atoms with E-state index in [0.29, 0.717) is 37.2 Å². The van der Waals surface area contributed by atoms with Crippen LogP contribution in [-0.2, 0) is 9.37 Å².